The third-order valence-electron chi connectivity index (χ3n) is 2.03. The Morgan fingerprint density at radius 2 is 1.74 bits per heavy atom. The fraction of sp³-hybridized carbons (Fsp3) is 0.250. The molecule has 1 heterocycles. The predicted molar refractivity (Wildman–Crippen MR) is 56.4 cm³/mol. The smallest absolute Gasteiger partial charge is 0.363 e. The standard InChI is InChI=1S/C12H13O2.ClHO4/c1-2-8-13-12-7-9-14-11-6-4-3-5-10(11)12;2-1(3,4)5/h3-7,9H,2,8H2,1H3;(H,2,3,4,5)/q+1;/p-1. The van der Waals surface area contributed by atoms with E-state index in [1.807, 2.05) is 30.3 Å². The molecule has 0 atom stereocenters. The van der Waals surface area contributed by atoms with E-state index in [0.717, 1.165) is 29.7 Å². The molecule has 2 rings (SSSR count). The van der Waals surface area contributed by atoms with E-state index in [1.54, 1.807) is 6.26 Å². The average molecular weight is 289 g/mol. The van der Waals surface area contributed by atoms with Crippen molar-refractivity contribution < 1.29 is 38.0 Å². The molecule has 0 aliphatic carbocycles. The molecule has 0 spiro atoms. The van der Waals surface area contributed by atoms with Crippen molar-refractivity contribution in [3.05, 3.63) is 36.6 Å². The maximum Gasteiger partial charge on any atom is 0.363 e. The summed E-state index contributed by atoms with van der Waals surface area (Å²) in [6.45, 7) is 2.84. The Bertz CT molecular complexity index is 500. The van der Waals surface area contributed by atoms with Gasteiger partial charge >= 0.3 is 11.8 Å². The summed E-state index contributed by atoms with van der Waals surface area (Å²) in [5.74, 6) is 0.897. The summed E-state index contributed by atoms with van der Waals surface area (Å²) in [5, 5.41) is 1.03. The Morgan fingerprint density at radius 3 is 2.37 bits per heavy atom. The first-order valence-electron chi connectivity index (χ1n) is 5.46. The van der Waals surface area contributed by atoms with E-state index in [4.69, 9.17) is 27.8 Å². The molecule has 0 unspecified atom stereocenters. The third kappa shape index (κ3) is 6.32. The summed E-state index contributed by atoms with van der Waals surface area (Å²) >= 11 is 0. The van der Waals surface area contributed by atoms with Crippen molar-refractivity contribution in [3.8, 4) is 5.75 Å². The first-order valence-corrected chi connectivity index (χ1v) is 6.69. The molecule has 104 valence electrons. The third-order valence-corrected chi connectivity index (χ3v) is 2.03. The maximum absolute atomic E-state index is 8.49. The maximum atomic E-state index is 8.49. The van der Waals surface area contributed by atoms with Crippen molar-refractivity contribution in [3.63, 3.8) is 0 Å². The lowest BCUT2D eigenvalue weighted by atomic mass is 10.2. The average Bonchev–Trinajstić information content (AvgIpc) is 2.34. The highest BCUT2D eigenvalue weighted by atomic mass is 35.7. The van der Waals surface area contributed by atoms with Gasteiger partial charge in [-0.2, -0.15) is 0 Å². The first-order chi connectivity index (χ1) is 8.92. The Hall–Kier alpha value is -1.44. The summed E-state index contributed by atoms with van der Waals surface area (Å²) in [5.41, 5.74) is 0.862. The quantitative estimate of drug-likeness (QED) is 0.652. The number of benzene rings is 1. The van der Waals surface area contributed by atoms with E-state index < -0.39 is 10.2 Å². The summed E-state index contributed by atoms with van der Waals surface area (Å²) in [4.78, 5) is 0. The molecule has 0 radical (unpaired) electrons. The largest absolute Gasteiger partial charge is 0.492 e. The zero-order valence-electron chi connectivity index (χ0n) is 10.2. The van der Waals surface area contributed by atoms with Crippen LogP contribution in [0.5, 0.6) is 5.75 Å². The normalized spacial score (nSPS) is 10.8. The van der Waals surface area contributed by atoms with Crippen LogP contribution in [-0.2, 0) is 0 Å². The molecule has 2 aromatic rings. The molecule has 0 aliphatic rings. The number of hydrogen-bond donors (Lipinski definition) is 0. The minimum Gasteiger partial charge on any atom is -0.492 e. The van der Waals surface area contributed by atoms with Gasteiger partial charge in [0.25, 0.3) is 0 Å². The van der Waals surface area contributed by atoms with Gasteiger partial charge in [0.1, 0.15) is 11.1 Å². The zero-order chi connectivity index (χ0) is 14.3. The van der Waals surface area contributed by atoms with E-state index in [1.165, 1.54) is 0 Å². The van der Waals surface area contributed by atoms with Gasteiger partial charge in [0.2, 0.25) is 0 Å². The number of hydrogen-bond acceptors (Lipinski definition) is 5. The van der Waals surface area contributed by atoms with Crippen LogP contribution in [-0.4, -0.2) is 6.61 Å². The van der Waals surface area contributed by atoms with Crippen LogP contribution >= 0.6 is 0 Å². The molecule has 1 aromatic heterocycles. The molecule has 0 aliphatic heterocycles. The highest BCUT2D eigenvalue weighted by Gasteiger charge is 2.09. The molecule has 6 nitrogen and oxygen atoms in total. The lowest BCUT2D eigenvalue weighted by Gasteiger charge is -2.17. The first kappa shape index (κ1) is 15.6. The van der Waals surface area contributed by atoms with Gasteiger partial charge < -0.3 is 4.74 Å². The molecular weight excluding hydrogens is 276 g/mol. The predicted octanol–water partition coefficient (Wildman–Crippen LogP) is -1.25. The van der Waals surface area contributed by atoms with Crippen molar-refractivity contribution >= 4 is 11.0 Å². The monoisotopic (exact) mass is 288 g/mol. The minimum absolute atomic E-state index is 0.744. The van der Waals surface area contributed by atoms with Gasteiger partial charge in [-0.05, 0) is 12.5 Å². The number of para-hydroxylation sites is 1. The van der Waals surface area contributed by atoms with Gasteiger partial charge in [-0.15, -0.1) is 10.2 Å². The number of fused-ring (bicyclic) bond motifs is 1. The highest BCUT2D eigenvalue weighted by Crippen LogP contribution is 2.24. The molecule has 1 aromatic carbocycles. The van der Waals surface area contributed by atoms with Gasteiger partial charge in [-0.1, -0.05) is 19.1 Å². The van der Waals surface area contributed by atoms with Crippen LogP contribution in [0.2, 0.25) is 0 Å². The summed E-state index contributed by atoms with van der Waals surface area (Å²) in [7, 11) is -4.94. The second kappa shape index (κ2) is 7.22. The molecule has 19 heavy (non-hydrogen) atoms. The summed E-state index contributed by atoms with van der Waals surface area (Å²) in [6.07, 6.45) is 2.67. The van der Waals surface area contributed by atoms with Crippen molar-refractivity contribution in [2.45, 2.75) is 13.3 Å². The molecule has 0 saturated carbocycles. The fourth-order valence-corrected chi connectivity index (χ4v) is 1.37. The van der Waals surface area contributed by atoms with Gasteiger partial charge in [0, 0.05) is 6.07 Å². The molecule has 0 saturated heterocycles. The highest BCUT2D eigenvalue weighted by molar-refractivity contribution is 5.82. The summed E-state index contributed by atoms with van der Waals surface area (Å²) < 4.78 is 44.9. The van der Waals surface area contributed by atoms with E-state index in [-0.39, 0.29) is 0 Å². The lowest BCUT2D eigenvalue weighted by molar-refractivity contribution is -2.00. The molecule has 7 heteroatoms. The molecule has 0 bridgehead atoms. The Balaban J connectivity index is 0.000000312. The zero-order valence-corrected chi connectivity index (χ0v) is 11.0. The number of rotatable bonds is 3. The molecule has 0 fully saturated rings. The van der Waals surface area contributed by atoms with Crippen LogP contribution in [0.15, 0.2) is 41.0 Å². The van der Waals surface area contributed by atoms with Gasteiger partial charge in [0.15, 0.2) is 0 Å². The Labute approximate surface area is 112 Å². The Kier molecular flexibility index (Phi) is 5.94. The van der Waals surface area contributed by atoms with Crippen LogP contribution in [0.1, 0.15) is 13.3 Å². The van der Waals surface area contributed by atoms with Gasteiger partial charge in [-0.25, -0.2) is 23.1 Å². The van der Waals surface area contributed by atoms with Crippen LogP contribution < -0.4 is 23.4 Å². The Morgan fingerprint density at radius 1 is 1.11 bits per heavy atom. The van der Waals surface area contributed by atoms with E-state index in [9.17, 15) is 0 Å². The topological polar surface area (TPSA) is 113 Å². The SMILES string of the molecule is CCCOc1cc[o+]c2ccccc12.[O-][Cl+3]([O-])([O-])[O-]. The summed E-state index contributed by atoms with van der Waals surface area (Å²) in [6, 6.07) is 9.74. The second-order valence-electron chi connectivity index (χ2n) is 3.51. The van der Waals surface area contributed by atoms with Crippen molar-refractivity contribution in [1.82, 2.24) is 0 Å². The van der Waals surface area contributed by atoms with Crippen LogP contribution in [0.4, 0.5) is 0 Å². The number of halogens is 1. The molecule has 0 amide bonds. The lowest BCUT2D eigenvalue weighted by Crippen LogP contribution is -2.68. The van der Waals surface area contributed by atoms with Crippen LogP contribution in [0, 0.1) is 10.2 Å². The van der Waals surface area contributed by atoms with E-state index in [0.29, 0.717) is 0 Å². The fourth-order valence-electron chi connectivity index (χ4n) is 1.37. The number of ether oxygens (including phenoxy) is 1. The van der Waals surface area contributed by atoms with Crippen LogP contribution in [0.3, 0.4) is 0 Å². The molecular formula is C12H13ClO6. The van der Waals surface area contributed by atoms with Crippen molar-refractivity contribution in [2.24, 2.45) is 0 Å². The van der Waals surface area contributed by atoms with E-state index >= 15 is 0 Å². The minimum atomic E-state index is -4.94. The van der Waals surface area contributed by atoms with Crippen LogP contribution in [0.25, 0.3) is 11.0 Å². The van der Waals surface area contributed by atoms with Crippen molar-refractivity contribution in [1.29, 1.82) is 0 Å². The van der Waals surface area contributed by atoms with E-state index in [2.05, 4.69) is 6.92 Å². The second-order valence-corrected chi connectivity index (χ2v) is 4.26. The van der Waals surface area contributed by atoms with Gasteiger partial charge in [0.05, 0.1) is 12.7 Å². The molecule has 0 N–H and O–H groups in total. The van der Waals surface area contributed by atoms with Gasteiger partial charge in [-0.3, -0.25) is 0 Å². The van der Waals surface area contributed by atoms with Crippen molar-refractivity contribution in [2.75, 3.05) is 6.61 Å².